The molecule has 0 saturated heterocycles. The lowest BCUT2D eigenvalue weighted by Crippen LogP contribution is -2.13. The molecule has 0 saturated carbocycles. The number of nitrogen functional groups attached to an aromatic ring is 1. The summed E-state index contributed by atoms with van der Waals surface area (Å²) in [5.41, 5.74) is 8.71. The third-order valence-electron chi connectivity index (χ3n) is 3.04. The zero-order chi connectivity index (χ0) is 14.1. The monoisotopic (exact) mass is 329 g/mol. The van der Waals surface area contributed by atoms with Crippen LogP contribution in [0.2, 0.25) is 0 Å². The van der Waals surface area contributed by atoms with E-state index in [9.17, 15) is 4.79 Å². The van der Waals surface area contributed by atoms with E-state index in [4.69, 9.17) is 5.73 Å². The van der Waals surface area contributed by atoms with Gasteiger partial charge < -0.3 is 5.73 Å². The Morgan fingerprint density at radius 2 is 1.75 bits per heavy atom. The van der Waals surface area contributed by atoms with Gasteiger partial charge >= 0.3 is 0 Å². The first kappa shape index (κ1) is 12.7. The van der Waals surface area contributed by atoms with E-state index in [1.165, 1.54) is 4.68 Å². The van der Waals surface area contributed by atoms with Gasteiger partial charge in [0.2, 0.25) is 0 Å². The van der Waals surface area contributed by atoms with E-state index in [2.05, 4.69) is 21.0 Å². The van der Waals surface area contributed by atoms with Crippen molar-refractivity contribution < 1.29 is 0 Å². The number of halogens is 1. The summed E-state index contributed by atoms with van der Waals surface area (Å²) in [7, 11) is 0. The summed E-state index contributed by atoms with van der Waals surface area (Å²) in [5.74, 6) is 0. The number of H-pyrrole nitrogens is 1. The van der Waals surface area contributed by atoms with Crippen LogP contribution in [-0.4, -0.2) is 9.78 Å². The molecule has 3 aromatic rings. The second-order valence-electron chi connectivity index (χ2n) is 4.42. The van der Waals surface area contributed by atoms with Crippen LogP contribution in [0.1, 0.15) is 0 Å². The first-order valence-electron chi connectivity index (χ1n) is 6.08. The van der Waals surface area contributed by atoms with Crippen molar-refractivity contribution in [2.24, 2.45) is 0 Å². The highest BCUT2D eigenvalue weighted by Gasteiger charge is 2.09. The molecule has 0 aliphatic carbocycles. The quantitative estimate of drug-likeness (QED) is 0.709. The molecule has 1 aromatic heterocycles. The van der Waals surface area contributed by atoms with Gasteiger partial charge in [0.1, 0.15) is 0 Å². The van der Waals surface area contributed by atoms with Crippen molar-refractivity contribution in [1.82, 2.24) is 9.78 Å². The maximum absolute atomic E-state index is 12.1. The van der Waals surface area contributed by atoms with Crippen LogP contribution in [-0.2, 0) is 0 Å². The zero-order valence-corrected chi connectivity index (χ0v) is 12.1. The summed E-state index contributed by atoms with van der Waals surface area (Å²) in [5, 5.41) is 3.11. The van der Waals surface area contributed by atoms with E-state index < -0.39 is 0 Å². The van der Waals surface area contributed by atoms with Crippen LogP contribution in [0.5, 0.6) is 0 Å². The van der Waals surface area contributed by atoms with Crippen molar-refractivity contribution in [3.63, 3.8) is 0 Å². The molecular weight excluding hydrogens is 318 g/mol. The van der Waals surface area contributed by atoms with Crippen molar-refractivity contribution in [2.45, 2.75) is 0 Å². The lowest BCUT2D eigenvalue weighted by atomic mass is 10.1. The van der Waals surface area contributed by atoms with E-state index in [1.54, 1.807) is 6.07 Å². The lowest BCUT2D eigenvalue weighted by Gasteiger charge is -2.04. The van der Waals surface area contributed by atoms with Crippen LogP contribution >= 0.6 is 15.9 Å². The van der Waals surface area contributed by atoms with E-state index in [0.717, 1.165) is 21.4 Å². The third-order valence-corrected chi connectivity index (χ3v) is 3.71. The van der Waals surface area contributed by atoms with Crippen LogP contribution in [0.3, 0.4) is 0 Å². The van der Waals surface area contributed by atoms with Crippen LogP contribution in [0, 0.1) is 0 Å². The van der Waals surface area contributed by atoms with Gasteiger partial charge in [-0.15, -0.1) is 0 Å². The van der Waals surface area contributed by atoms with Crippen molar-refractivity contribution in [3.05, 3.63) is 69.4 Å². The average molecular weight is 330 g/mol. The highest BCUT2D eigenvalue weighted by molar-refractivity contribution is 9.10. The van der Waals surface area contributed by atoms with Crippen molar-refractivity contribution in [3.8, 4) is 16.9 Å². The summed E-state index contributed by atoms with van der Waals surface area (Å²) >= 11 is 3.45. The predicted molar refractivity (Wildman–Crippen MR) is 83.9 cm³/mol. The molecule has 0 atom stereocenters. The maximum Gasteiger partial charge on any atom is 0.271 e. The normalized spacial score (nSPS) is 10.7. The Kier molecular flexibility index (Phi) is 3.20. The average Bonchev–Trinajstić information content (AvgIpc) is 2.82. The molecule has 2 aromatic carbocycles. The summed E-state index contributed by atoms with van der Waals surface area (Å²) in [6, 6.07) is 16.5. The molecule has 3 N–H and O–H groups in total. The fourth-order valence-corrected chi connectivity index (χ4v) is 2.48. The smallest absolute Gasteiger partial charge is 0.271 e. The number of para-hydroxylation sites is 1. The molecule has 1 heterocycles. The molecule has 0 spiro atoms. The Hall–Kier alpha value is -2.27. The molecule has 0 bridgehead atoms. The standard InChI is InChI=1S/C15H12BrN3O/c16-12-3-1-2-4-14(12)19-15(20)9-13(18-19)10-5-7-11(17)8-6-10/h1-9,18H,17H2. The van der Waals surface area contributed by atoms with Crippen LogP contribution in [0.25, 0.3) is 16.9 Å². The van der Waals surface area contributed by atoms with Gasteiger partial charge in [-0.3, -0.25) is 9.89 Å². The summed E-state index contributed by atoms with van der Waals surface area (Å²) in [6.07, 6.45) is 0. The second-order valence-corrected chi connectivity index (χ2v) is 5.27. The van der Waals surface area contributed by atoms with Crippen molar-refractivity contribution in [1.29, 1.82) is 0 Å². The predicted octanol–water partition coefficient (Wildman–Crippen LogP) is 3.18. The summed E-state index contributed by atoms with van der Waals surface area (Å²) in [6.45, 7) is 0. The molecule has 0 radical (unpaired) electrons. The number of rotatable bonds is 2. The van der Waals surface area contributed by atoms with Crippen LogP contribution in [0.4, 0.5) is 5.69 Å². The molecule has 100 valence electrons. The number of aromatic amines is 1. The molecule has 5 heteroatoms. The van der Waals surface area contributed by atoms with Gasteiger partial charge in [-0.25, -0.2) is 4.68 Å². The molecular formula is C15H12BrN3O. The molecule has 4 nitrogen and oxygen atoms in total. The van der Waals surface area contributed by atoms with E-state index in [1.807, 2.05) is 48.5 Å². The highest BCUT2D eigenvalue weighted by atomic mass is 79.9. The Bertz CT molecular complexity index is 802. The Morgan fingerprint density at radius 1 is 1.05 bits per heavy atom. The first-order valence-corrected chi connectivity index (χ1v) is 6.87. The minimum absolute atomic E-state index is 0.108. The molecule has 0 aliphatic heterocycles. The fraction of sp³-hybridized carbons (Fsp3) is 0. The number of hydrogen-bond donors (Lipinski definition) is 2. The lowest BCUT2D eigenvalue weighted by molar-refractivity contribution is 0.848. The second kappa shape index (κ2) is 5.02. The Morgan fingerprint density at radius 3 is 2.45 bits per heavy atom. The minimum atomic E-state index is -0.108. The molecule has 0 amide bonds. The van der Waals surface area contributed by atoms with Gasteiger partial charge in [0.15, 0.2) is 0 Å². The SMILES string of the molecule is Nc1ccc(-c2cc(=O)n(-c3ccccc3Br)[nH]2)cc1. The number of nitrogens with two attached hydrogens (primary N) is 1. The zero-order valence-electron chi connectivity index (χ0n) is 10.5. The number of nitrogens with zero attached hydrogens (tertiary/aromatic N) is 1. The van der Waals surface area contributed by atoms with Gasteiger partial charge in [-0.2, -0.15) is 0 Å². The van der Waals surface area contributed by atoms with Gasteiger partial charge in [0, 0.05) is 16.2 Å². The number of benzene rings is 2. The number of nitrogens with one attached hydrogen (secondary N) is 1. The van der Waals surface area contributed by atoms with E-state index >= 15 is 0 Å². The van der Waals surface area contributed by atoms with Gasteiger partial charge in [0.05, 0.1) is 11.4 Å². The van der Waals surface area contributed by atoms with Gasteiger partial charge in [-0.1, -0.05) is 24.3 Å². The molecule has 0 aliphatic rings. The van der Waals surface area contributed by atoms with Crippen LogP contribution in [0.15, 0.2) is 63.9 Å². The number of aromatic nitrogens is 2. The van der Waals surface area contributed by atoms with Gasteiger partial charge in [-0.05, 0) is 45.8 Å². The number of anilines is 1. The molecule has 20 heavy (non-hydrogen) atoms. The topological polar surface area (TPSA) is 63.8 Å². The van der Waals surface area contributed by atoms with Crippen molar-refractivity contribution in [2.75, 3.05) is 5.73 Å². The van der Waals surface area contributed by atoms with Gasteiger partial charge in [0.25, 0.3) is 5.56 Å². The maximum atomic E-state index is 12.1. The molecule has 0 unspecified atom stereocenters. The van der Waals surface area contributed by atoms with E-state index in [-0.39, 0.29) is 5.56 Å². The van der Waals surface area contributed by atoms with E-state index in [0.29, 0.717) is 5.69 Å². The van der Waals surface area contributed by atoms with Crippen LogP contribution < -0.4 is 11.3 Å². The highest BCUT2D eigenvalue weighted by Crippen LogP contribution is 2.21. The molecule has 3 rings (SSSR count). The largest absolute Gasteiger partial charge is 0.399 e. The Balaban J connectivity index is 2.10. The number of hydrogen-bond acceptors (Lipinski definition) is 2. The minimum Gasteiger partial charge on any atom is -0.399 e. The first-order chi connectivity index (χ1) is 9.65. The third kappa shape index (κ3) is 2.28. The molecule has 0 fully saturated rings. The Labute approximate surface area is 124 Å². The fourth-order valence-electron chi connectivity index (χ4n) is 2.02. The summed E-state index contributed by atoms with van der Waals surface area (Å²) in [4.78, 5) is 12.1. The van der Waals surface area contributed by atoms with Crippen molar-refractivity contribution >= 4 is 21.6 Å². The summed E-state index contributed by atoms with van der Waals surface area (Å²) < 4.78 is 2.36.